The van der Waals surface area contributed by atoms with Crippen LogP contribution in [0.2, 0.25) is 0 Å². The number of hydrogen-bond acceptors (Lipinski definition) is 4. The predicted octanol–water partition coefficient (Wildman–Crippen LogP) is 3.50. The summed E-state index contributed by atoms with van der Waals surface area (Å²) >= 11 is 1.82. The first kappa shape index (κ1) is 11.2. The van der Waals surface area contributed by atoms with E-state index < -0.39 is 0 Å². The summed E-state index contributed by atoms with van der Waals surface area (Å²) in [7, 11) is 0. The molecule has 0 unspecified atom stereocenters. The van der Waals surface area contributed by atoms with Crippen LogP contribution >= 0.6 is 11.3 Å². The van der Waals surface area contributed by atoms with Gasteiger partial charge in [-0.3, -0.25) is 0 Å². The Labute approximate surface area is 109 Å². The first-order chi connectivity index (χ1) is 8.78. The van der Waals surface area contributed by atoms with Crippen molar-refractivity contribution in [1.82, 2.24) is 9.97 Å². The van der Waals surface area contributed by atoms with E-state index in [2.05, 4.69) is 41.2 Å². The molecule has 0 saturated carbocycles. The highest BCUT2D eigenvalue weighted by molar-refractivity contribution is 7.15. The average molecular weight is 255 g/mol. The molecule has 0 saturated heterocycles. The molecule has 90 valence electrons. The summed E-state index contributed by atoms with van der Waals surface area (Å²) in [5.74, 6) is 0.536. The lowest BCUT2D eigenvalue weighted by atomic mass is 10.1. The van der Waals surface area contributed by atoms with E-state index in [9.17, 15) is 0 Å². The third kappa shape index (κ3) is 1.84. The number of fused-ring (bicyclic) bond motifs is 1. The van der Waals surface area contributed by atoms with Crippen molar-refractivity contribution in [3.63, 3.8) is 0 Å². The summed E-state index contributed by atoms with van der Waals surface area (Å²) in [4.78, 5) is 10.9. The molecule has 3 nitrogen and oxygen atoms in total. The summed E-state index contributed by atoms with van der Waals surface area (Å²) in [6.07, 6.45) is 2.57. The largest absolute Gasteiger partial charge is 0.383 e. The fourth-order valence-corrected chi connectivity index (χ4v) is 2.90. The van der Waals surface area contributed by atoms with Gasteiger partial charge in [-0.05, 0) is 36.2 Å². The molecule has 2 aromatic heterocycles. The lowest BCUT2D eigenvalue weighted by Gasteiger charge is -2.02. The molecule has 3 rings (SSSR count). The molecule has 0 aliphatic rings. The first-order valence-electron chi connectivity index (χ1n) is 5.87. The topological polar surface area (TPSA) is 51.8 Å². The van der Waals surface area contributed by atoms with Crippen LogP contribution in [-0.2, 0) is 6.42 Å². The van der Waals surface area contributed by atoms with Gasteiger partial charge in [-0.25, -0.2) is 9.97 Å². The molecule has 0 radical (unpaired) electrons. The Morgan fingerprint density at radius 2 is 2.06 bits per heavy atom. The molecule has 1 aromatic carbocycles. The van der Waals surface area contributed by atoms with Crippen LogP contribution in [0.25, 0.3) is 21.3 Å². The van der Waals surface area contributed by atoms with Gasteiger partial charge in [0, 0.05) is 15.1 Å². The first-order valence-corrected chi connectivity index (χ1v) is 6.69. The summed E-state index contributed by atoms with van der Waals surface area (Å²) in [6, 6.07) is 10.5. The van der Waals surface area contributed by atoms with Crippen LogP contribution in [0.3, 0.4) is 0 Å². The van der Waals surface area contributed by atoms with Crippen molar-refractivity contribution in [3.8, 4) is 10.4 Å². The Morgan fingerprint density at radius 1 is 1.17 bits per heavy atom. The molecule has 0 atom stereocenters. The standard InChI is InChI=1S/C14H13N3S/c1-2-10-4-6-13(18-10)9-3-5-12-11(7-9)14(15)17-8-16-12/h3-8H,2H2,1H3,(H2,15,16,17). The quantitative estimate of drug-likeness (QED) is 0.762. The van der Waals surface area contributed by atoms with Gasteiger partial charge in [0.1, 0.15) is 12.1 Å². The van der Waals surface area contributed by atoms with Crippen molar-refractivity contribution in [3.05, 3.63) is 41.5 Å². The zero-order chi connectivity index (χ0) is 12.5. The molecule has 0 fully saturated rings. The van der Waals surface area contributed by atoms with Gasteiger partial charge in [-0.2, -0.15) is 0 Å². The Bertz CT molecular complexity index is 703. The minimum atomic E-state index is 0.536. The monoisotopic (exact) mass is 255 g/mol. The molecule has 0 bridgehead atoms. The molecular weight excluding hydrogens is 242 g/mol. The second-order valence-electron chi connectivity index (χ2n) is 4.11. The number of nitrogens with zero attached hydrogens (tertiary/aromatic N) is 2. The lowest BCUT2D eigenvalue weighted by molar-refractivity contribution is 1.19. The third-order valence-corrected chi connectivity index (χ3v) is 4.24. The smallest absolute Gasteiger partial charge is 0.134 e. The minimum Gasteiger partial charge on any atom is -0.383 e. The van der Waals surface area contributed by atoms with E-state index in [0.717, 1.165) is 17.3 Å². The van der Waals surface area contributed by atoms with Gasteiger partial charge in [0.25, 0.3) is 0 Å². The van der Waals surface area contributed by atoms with E-state index >= 15 is 0 Å². The van der Waals surface area contributed by atoms with Gasteiger partial charge in [0.05, 0.1) is 5.52 Å². The summed E-state index contributed by atoms with van der Waals surface area (Å²) in [6.45, 7) is 2.17. The number of rotatable bonds is 2. The highest BCUT2D eigenvalue weighted by Crippen LogP contribution is 2.31. The van der Waals surface area contributed by atoms with E-state index in [-0.39, 0.29) is 0 Å². The van der Waals surface area contributed by atoms with Crippen molar-refractivity contribution in [2.75, 3.05) is 5.73 Å². The maximum Gasteiger partial charge on any atom is 0.134 e. The van der Waals surface area contributed by atoms with Crippen molar-refractivity contribution in [1.29, 1.82) is 0 Å². The number of anilines is 1. The zero-order valence-electron chi connectivity index (χ0n) is 10.1. The van der Waals surface area contributed by atoms with Crippen molar-refractivity contribution in [2.24, 2.45) is 0 Å². The number of benzene rings is 1. The maximum absolute atomic E-state index is 5.89. The number of hydrogen-bond donors (Lipinski definition) is 1. The SMILES string of the molecule is CCc1ccc(-c2ccc3ncnc(N)c3c2)s1. The Morgan fingerprint density at radius 3 is 2.83 bits per heavy atom. The lowest BCUT2D eigenvalue weighted by Crippen LogP contribution is -1.92. The number of thiophene rings is 1. The molecule has 2 heterocycles. The van der Waals surface area contributed by atoms with Crippen LogP contribution in [0.4, 0.5) is 5.82 Å². The summed E-state index contributed by atoms with van der Waals surface area (Å²) in [5, 5.41) is 0.918. The highest BCUT2D eigenvalue weighted by Gasteiger charge is 2.05. The normalized spacial score (nSPS) is 10.9. The molecule has 0 spiro atoms. The van der Waals surface area contributed by atoms with Gasteiger partial charge in [0.15, 0.2) is 0 Å². The van der Waals surface area contributed by atoms with Gasteiger partial charge >= 0.3 is 0 Å². The second kappa shape index (κ2) is 4.38. The zero-order valence-corrected chi connectivity index (χ0v) is 10.9. The number of nitrogen functional groups attached to an aromatic ring is 1. The Kier molecular flexibility index (Phi) is 2.72. The van der Waals surface area contributed by atoms with Gasteiger partial charge < -0.3 is 5.73 Å². The molecule has 0 aliphatic heterocycles. The molecular formula is C14H13N3S. The Hall–Kier alpha value is -1.94. The van der Waals surface area contributed by atoms with Crippen LogP contribution in [0.1, 0.15) is 11.8 Å². The van der Waals surface area contributed by atoms with Crippen LogP contribution in [0.5, 0.6) is 0 Å². The minimum absolute atomic E-state index is 0.536. The maximum atomic E-state index is 5.89. The predicted molar refractivity (Wildman–Crippen MR) is 76.6 cm³/mol. The molecule has 2 N–H and O–H groups in total. The number of aromatic nitrogens is 2. The Balaban J connectivity index is 2.15. The summed E-state index contributed by atoms with van der Waals surface area (Å²) < 4.78 is 0. The van der Waals surface area contributed by atoms with Crippen molar-refractivity contribution >= 4 is 28.1 Å². The molecule has 4 heteroatoms. The van der Waals surface area contributed by atoms with E-state index in [0.29, 0.717) is 5.82 Å². The van der Waals surface area contributed by atoms with Crippen molar-refractivity contribution in [2.45, 2.75) is 13.3 Å². The summed E-state index contributed by atoms with van der Waals surface area (Å²) in [5.41, 5.74) is 7.95. The third-order valence-electron chi connectivity index (χ3n) is 2.96. The van der Waals surface area contributed by atoms with Crippen LogP contribution in [-0.4, -0.2) is 9.97 Å². The number of nitrogens with two attached hydrogens (primary N) is 1. The van der Waals surface area contributed by atoms with Crippen molar-refractivity contribution < 1.29 is 0 Å². The van der Waals surface area contributed by atoms with Gasteiger partial charge in [0.2, 0.25) is 0 Å². The van der Waals surface area contributed by atoms with Crippen LogP contribution in [0.15, 0.2) is 36.7 Å². The number of aryl methyl sites for hydroxylation is 1. The van der Waals surface area contributed by atoms with Gasteiger partial charge in [-0.15, -0.1) is 11.3 Å². The molecule has 0 amide bonds. The van der Waals surface area contributed by atoms with E-state index in [1.54, 1.807) is 0 Å². The fraction of sp³-hybridized carbons (Fsp3) is 0.143. The van der Waals surface area contributed by atoms with Crippen LogP contribution < -0.4 is 5.73 Å². The average Bonchev–Trinajstić information content (AvgIpc) is 2.88. The fourth-order valence-electron chi connectivity index (χ4n) is 1.95. The van der Waals surface area contributed by atoms with Gasteiger partial charge in [-0.1, -0.05) is 13.0 Å². The molecule has 3 aromatic rings. The highest BCUT2D eigenvalue weighted by atomic mass is 32.1. The van der Waals surface area contributed by atoms with Crippen LogP contribution in [0, 0.1) is 0 Å². The second-order valence-corrected chi connectivity index (χ2v) is 5.28. The van der Waals surface area contributed by atoms with E-state index in [4.69, 9.17) is 5.73 Å². The van der Waals surface area contributed by atoms with E-state index in [1.165, 1.54) is 21.6 Å². The molecule has 18 heavy (non-hydrogen) atoms. The van der Waals surface area contributed by atoms with E-state index in [1.807, 2.05) is 17.4 Å². The molecule has 0 aliphatic carbocycles.